The van der Waals surface area contributed by atoms with Gasteiger partial charge >= 0.3 is 0 Å². The maximum Gasteiger partial charge on any atom is 0.128 e. The fourth-order valence-electron chi connectivity index (χ4n) is 2.68. The van der Waals surface area contributed by atoms with Crippen LogP contribution >= 0.6 is 0 Å². The lowest BCUT2D eigenvalue weighted by molar-refractivity contribution is 0.160. The van der Waals surface area contributed by atoms with E-state index >= 15 is 0 Å². The number of fused-ring (bicyclic) bond motifs is 1. The van der Waals surface area contributed by atoms with Crippen LogP contribution in [0.5, 0.6) is 11.5 Å². The number of benzene rings is 2. The molecule has 0 amide bonds. The zero-order valence-electron chi connectivity index (χ0n) is 12.1. The number of hydrogen-bond acceptors (Lipinski definition) is 3. The summed E-state index contributed by atoms with van der Waals surface area (Å²) in [7, 11) is 1.62. The largest absolute Gasteiger partial charge is 0.497 e. The molecule has 1 heterocycles. The van der Waals surface area contributed by atoms with E-state index < -0.39 is 0 Å². The van der Waals surface area contributed by atoms with Gasteiger partial charge in [-0.05, 0) is 36.2 Å². The summed E-state index contributed by atoms with van der Waals surface area (Å²) in [6, 6.07) is 10.6. The van der Waals surface area contributed by atoms with Crippen LogP contribution in [0.25, 0.3) is 0 Å². The Kier molecular flexibility index (Phi) is 3.55. The van der Waals surface area contributed by atoms with Gasteiger partial charge in [0.1, 0.15) is 23.4 Å². The Bertz CT molecular complexity index is 672. The van der Waals surface area contributed by atoms with Crippen molar-refractivity contribution in [2.75, 3.05) is 7.11 Å². The zero-order chi connectivity index (χ0) is 15.0. The second kappa shape index (κ2) is 5.37. The van der Waals surface area contributed by atoms with E-state index in [1.807, 2.05) is 24.3 Å². The first kappa shape index (κ1) is 13.9. The van der Waals surface area contributed by atoms with Gasteiger partial charge in [-0.2, -0.15) is 0 Å². The van der Waals surface area contributed by atoms with Crippen LogP contribution in [0.15, 0.2) is 36.4 Å². The molecule has 1 aliphatic heterocycles. The van der Waals surface area contributed by atoms with Crippen molar-refractivity contribution < 1.29 is 13.9 Å². The summed E-state index contributed by atoms with van der Waals surface area (Å²) in [5, 5.41) is 0. The zero-order valence-corrected chi connectivity index (χ0v) is 12.1. The highest BCUT2D eigenvalue weighted by Crippen LogP contribution is 2.41. The molecule has 2 atom stereocenters. The Morgan fingerprint density at radius 2 is 2.05 bits per heavy atom. The Hall–Kier alpha value is -2.07. The molecule has 0 saturated heterocycles. The monoisotopic (exact) mass is 287 g/mol. The number of aryl methyl sites for hydroxylation is 1. The number of nitrogens with two attached hydrogens (primary N) is 1. The van der Waals surface area contributed by atoms with Crippen molar-refractivity contribution in [3.05, 3.63) is 58.9 Å². The highest BCUT2D eigenvalue weighted by Gasteiger charge is 2.27. The normalized spacial score (nSPS) is 20.6. The standard InChI is InChI=1S/C17H18FNO2/c1-10-7-11(3-6-14(10)18)16-9-15(19)13-5-4-12(20-2)8-17(13)21-16/h3-8,15-16H,9,19H2,1-2H3/t15-,16?/m1/s1. The highest BCUT2D eigenvalue weighted by molar-refractivity contribution is 5.44. The molecule has 1 aliphatic rings. The smallest absolute Gasteiger partial charge is 0.128 e. The van der Waals surface area contributed by atoms with Gasteiger partial charge in [0.2, 0.25) is 0 Å². The number of hydrogen-bond donors (Lipinski definition) is 1. The summed E-state index contributed by atoms with van der Waals surface area (Å²) in [4.78, 5) is 0. The van der Waals surface area contributed by atoms with Crippen LogP contribution in [0.2, 0.25) is 0 Å². The lowest BCUT2D eigenvalue weighted by atomic mass is 9.93. The molecule has 3 rings (SSSR count). The number of rotatable bonds is 2. The predicted molar refractivity (Wildman–Crippen MR) is 79.0 cm³/mol. The minimum absolute atomic E-state index is 0.102. The van der Waals surface area contributed by atoms with Gasteiger partial charge in [0.05, 0.1) is 7.11 Å². The van der Waals surface area contributed by atoms with Crippen molar-refractivity contribution in [3.8, 4) is 11.5 Å². The molecule has 0 fully saturated rings. The summed E-state index contributed by atoms with van der Waals surface area (Å²) < 4.78 is 24.7. The molecule has 4 heteroatoms. The average molecular weight is 287 g/mol. The van der Waals surface area contributed by atoms with Crippen molar-refractivity contribution in [2.24, 2.45) is 5.73 Å². The molecule has 2 aromatic rings. The minimum atomic E-state index is -0.207. The molecule has 3 nitrogen and oxygen atoms in total. The van der Waals surface area contributed by atoms with Gasteiger partial charge in [-0.15, -0.1) is 0 Å². The predicted octanol–water partition coefficient (Wildman–Crippen LogP) is 3.67. The molecule has 0 radical (unpaired) electrons. The van der Waals surface area contributed by atoms with E-state index in [0.717, 1.165) is 22.6 Å². The minimum Gasteiger partial charge on any atom is -0.497 e. The summed E-state index contributed by atoms with van der Waals surface area (Å²) in [5.74, 6) is 1.26. The number of ether oxygens (including phenoxy) is 2. The summed E-state index contributed by atoms with van der Waals surface area (Å²) >= 11 is 0. The first-order valence-electron chi connectivity index (χ1n) is 6.94. The van der Waals surface area contributed by atoms with Crippen LogP contribution in [0, 0.1) is 12.7 Å². The lowest BCUT2D eigenvalue weighted by Gasteiger charge is -2.31. The number of methoxy groups -OCH3 is 1. The Morgan fingerprint density at radius 3 is 2.76 bits per heavy atom. The van der Waals surface area contributed by atoms with E-state index in [9.17, 15) is 4.39 Å². The molecule has 21 heavy (non-hydrogen) atoms. The van der Waals surface area contributed by atoms with E-state index in [0.29, 0.717) is 12.0 Å². The molecule has 0 aliphatic carbocycles. The van der Waals surface area contributed by atoms with E-state index in [1.165, 1.54) is 6.07 Å². The van der Waals surface area contributed by atoms with E-state index in [1.54, 1.807) is 20.1 Å². The summed E-state index contributed by atoms with van der Waals surface area (Å²) in [5.41, 5.74) is 8.77. The van der Waals surface area contributed by atoms with E-state index in [2.05, 4.69) is 0 Å². The Morgan fingerprint density at radius 1 is 1.24 bits per heavy atom. The molecule has 0 saturated carbocycles. The Balaban J connectivity index is 1.94. The van der Waals surface area contributed by atoms with Gasteiger partial charge in [0, 0.05) is 24.1 Å². The van der Waals surface area contributed by atoms with Crippen molar-refractivity contribution in [1.82, 2.24) is 0 Å². The first-order valence-corrected chi connectivity index (χ1v) is 6.94. The Labute approximate surface area is 123 Å². The van der Waals surface area contributed by atoms with Crippen molar-refractivity contribution in [2.45, 2.75) is 25.5 Å². The summed E-state index contributed by atoms with van der Waals surface area (Å²) in [6.45, 7) is 1.75. The maximum atomic E-state index is 13.4. The highest BCUT2D eigenvalue weighted by atomic mass is 19.1. The van der Waals surface area contributed by atoms with Crippen LogP contribution < -0.4 is 15.2 Å². The second-order valence-corrected chi connectivity index (χ2v) is 5.36. The third-order valence-electron chi connectivity index (χ3n) is 3.91. The van der Waals surface area contributed by atoms with Crippen molar-refractivity contribution >= 4 is 0 Å². The van der Waals surface area contributed by atoms with Gasteiger partial charge in [-0.25, -0.2) is 4.39 Å². The van der Waals surface area contributed by atoms with Gasteiger partial charge < -0.3 is 15.2 Å². The third-order valence-corrected chi connectivity index (χ3v) is 3.91. The summed E-state index contributed by atoms with van der Waals surface area (Å²) in [6.07, 6.45) is 0.503. The third kappa shape index (κ3) is 2.59. The molecule has 1 unspecified atom stereocenters. The van der Waals surface area contributed by atoms with Crippen LogP contribution in [-0.4, -0.2) is 7.11 Å². The van der Waals surface area contributed by atoms with E-state index in [-0.39, 0.29) is 18.0 Å². The first-order chi connectivity index (χ1) is 10.1. The SMILES string of the molecule is COc1ccc2c(c1)OC(c1ccc(F)c(C)c1)C[C@H]2N. The van der Waals surface area contributed by atoms with Crippen LogP contribution in [0.4, 0.5) is 4.39 Å². The topological polar surface area (TPSA) is 44.5 Å². The number of halogens is 1. The van der Waals surface area contributed by atoms with Crippen molar-refractivity contribution in [3.63, 3.8) is 0 Å². The fraction of sp³-hybridized carbons (Fsp3) is 0.294. The average Bonchev–Trinajstić information content (AvgIpc) is 2.49. The molecular formula is C17H18FNO2. The fourth-order valence-corrected chi connectivity index (χ4v) is 2.68. The molecule has 110 valence electrons. The van der Waals surface area contributed by atoms with E-state index in [4.69, 9.17) is 15.2 Å². The molecule has 2 N–H and O–H groups in total. The molecule has 0 aromatic heterocycles. The molecule has 2 aromatic carbocycles. The van der Waals surface area contributed by atoms with Crippen LogP contribution in [0.3, 0.4) is 0 Å². The van der Waals surface area contributed by atoms with Gasteiger partial charge in [0.15, 0.2) is 0 Å². The van der Waals surface area contributed by atoms with Crippen LogP contribution in [-0.2, 0) is 0 Å². The van der Waals surface area contributed by atoms with Gasteiger partial charge in [0.25, 0.3) is 0 Å². The lowest BCUT2D eigenvalue weighted by Crippen LogP contribution is -2.24. The quantitative estimate of drug-likeness (QED) is 0.916. The van der Waals surface area contributed by atoms with Gasteiger partial charge in [-0.3, -0.25) is 0 Å². The molecular weight excluding hydrogens is 269 g/mol. The van der Waals surface area contributed by atoms with Gasteiger partial charge in [-0.1, -0.05) is 12.1 Å². The van der Waals surface area contributed by atoms with Crippen molar-refractivity contribution in [1.29, 1.82) is 0 Å². The molecule has 0 spiro atoms. The maximum absolute atomic E-state index is 13.4. The molecule has 0 bridgehead atoms. The van der Waals surface area contributed by atoms with Crippen LogP contribution in [0.1, 0.15) is 35.3 Å². The second-order valence-electron chi connectivity index (χ2n) is 5.36.